The Labute approximate surface area is 212 Å². The molecule has 4 aromatic carbocycles. The van der Waals surface area contributed by atoms with Crippen LogP contribution in [0.5, 0.6) is 11.5 Å². The van der Waals surface area contributed by atoms with Crippen molar-refractivity contribution in [1.29, 1.82) is 0 Å². The van der Waals surface area contributed by atoms with Crippen molar-refractivity contribution in [3.63, 3.8) is 0 Å². The van der Waals surface area contributed by atoms with E-state index in [1.54, 1.807) is 38.1 Å². The molecule has 4 aromatic rings. The van der Waals surface area contributed by atoms with Crippen LogP contribution in [0.25, 0.3) is 32.7 Å². The molecule has 0 fully saturated rings. The standard InChI is InChI=1S/C24H16F6O6S2/c1-13-3-5-15-7-9-19(35-37(31,32)23(25,26)27)21(17(15)11-13)22-18-12-14(2)4-6-16(18)8-10-20(22)36-38(33,34)24(28,29)30/h3-12H,1-2H3. The van der Waals surface area contributed by atoms with E-state index in [0.717, 1.165) is 12.1 Å². The van der Waals surface area contributed by atoms with Gasteiger partial charge in [0.25, 0.3) is 0 Å². The lowest BCUT2D eigenvalue weighted by atomic mass is 9.91. The van der Waals surface area contributed by atoms with Gasteiger partial charge in [0, 0.05) is 11.1 Å². The van der Waals surface area contributed by atoms with Crippen LogP contribution in [0.3, 0.4) is 0 Å². The molecule has 38 heavy (non-hydrogen) atoms. The van der Waals surface area contributed by atoms with Gasteiger partial charge >= 0.3 is 31.3 Å². The van der Waals surface area contributed by atoms with E-state index < -0.39 is 53.9 Å². The van der Waals surface area contributed by atoms with Crippen LogP contribution >= 0.6 is 0 Å². The average molecular weight is 579 g/mol. The fraction of sp³-hybridized carbons (Fsp3) is 0.167. The van der Waals surface area contributed by atoms with Gasteiger partial charge in [-0.1, -0.05) is 59.7 Å². The molecule has 0 amide bonds. The van der Waals surface area contributed by atoms with Crippen molar-refractivity contribution in [2.24, 2.45) is 0 Å². The summed E-state index contributed by atoms with van der Waals surface area (Å²) in [5.74, 6) is -1.80. The predicted octanol–water partition coefficient (Wildman–Crippen LogP) is 6.73. The number of aryl methyl sites for hydroxylation is 2. The quantitative estimate of drug-likeness (QED) is 0.148. The maximum absolute atomic E-state index is 13.2. The highest BCUT2D eigenvalue weighted by Crippen LogP contribution is 2.47. The van der Waals surface area contributed by atoms with E-state index in [1.165, 1.54) is 24.3 Å². The number of benzene rings is 4. The Morgan fingerprint density at radius 1 is 0.553 bits per heavy atom. The smallest absolute Gasteiger partial charge is 0.375 e. The summed E-state index contributed by atoms with van der Waals surface area (Å²) < 4.78 is 136. The highest BCUT2D eigenvalue weighted by Gasteiger charge is 2.50. The monoisotopic (exact) mass is 578 g/mol. The number of fused-ring (bicyclic) bond motifs is 2. The van der Waals surface area contributed by atoms with Crippen LogP contribution in [0, 0.1) is 13.8 Å². The Morgan fingerprint density at radius 3 is 1.18 bits per heavy atom. The molecule has 0 aliphatic heterocycles. The van der Waals surface area contributed by atoms with E-state index in [9.17, 15) is 43.2 Å². The van der Waals surface area contributed by atoms with E-state index in [0.29, 0.717) is 21.9 Å². The fourth-order valence-corrected chi connectivity index (χ4v) is 4.75. The lowest BCUT2D eigenvalue weighted by molar-refractivity contribution is -0.0505. The van der Waals surface area contributed by atoms with Gasteiger partial charge in [-0.25, -0.2) is 0 Å². The summed E-state index contributed by atoms with van der Waals surface area (Å²) in [5.41, 5.74) is -11.4. The van der Waals surface area contributed by atoms with Crippen LogP contribution < -0.4 is 8.37 Å². The molecular weight excluding hydrogens is 562 g/mol. The van der Waals surface area contributed by atoms with Crippen molar-refractivity contribution in [3.8, 4) is 22.6 Å². The van der Waals surface area contributed by atoms with Crippen LogP contribution in [0.1, 0.15) is 11.1 Å². The summed E-state index contributed by atoms with van der Waals surface area (Å²) in [6.07, 6.45) is 0. The largest absolute Gasteiger partial charge is 0.534 e. The Hall–Kier alpha value is -3.52. The van der Waals surface area contributed by atoms with Gasteiger partial charge in [-0.15, -0.1) is 0 Å². The summed E-state index contributed by atoms with van der Waals surface area (Å²) in [6, 6.07) is 13.5. The number of rotatable bonds is 5. The van der Waals surface area contributed by atoms with Crippen LogP contribution in [-0.2, 0) is 20.2 Å². The molecule has 0 heterocycles. The summed E-state index contributed by atoms with van der Waals surface area (Å²) in [6.45, 7) is 3.23. The molecule has 0 N–H and O–H groups in total. The minimum Gasteiger partial charge on any atom is -0.375 e. The first-order valence-corrected chi connectivity index (χ1v) is 13.3. The molecule has 0 spiro atoms. The Balaban J connectivity index is 2.19. The van der Waals surface area contributed by atoms with Crippen LogP contribution in [-0.4, -0.2) is 27.9 Å². The van der Waals surface area contributed by atoms with Crippen molar-refractivity contribution in [2.75, 3.05) is 0 Å². The molecule has 0 aromatic heterocycles. The number of halogens is 6. The minimum atomic E-state index is -6.23. The molecule has 0 saturated heterocycles. The van der Waals surface area contributed by atoms with E-state index >= 15 is 0 Å². The first-order valence-electron chi connectivity index (χ1n) is 10.5. The van der Waals surface area contributed by atoms with Gasteiger partial charge < -0.3 is 8.37 Å². The lowest BCUT2D eigenvalue weighted by Crippen LogP contribution is -2.28. The van der Waals surface area contributed by atoms with Gasteiger partial charge in [0.1, 0.15) is 0 Å². The maximum atomic E-state index is 13.2. The molecule has 0 radical (unpaired) electrons. The first kappa shape index (κ1) is 27.5. The zero-order chi connectivity index (χ0) is 28.3. The molecule has 14 heteroatoms. The SMILES string of the molecule is Cc1ccc2ccc(OS(=O)(=O)C(F)(F)F)c(-c3c(OS(=O)(=O)C(F)(F)F)ccc4ccc(C)cc34)c2c1. The molecule has 0 aliphatic carbocycles. The molecule has 0 unspecified atom stereocenters. The van der Waals surface area contributed by atoms with Crippen LogP contribution in [0.15, 0.2) is 60.7 Å². The van der Waals surface area contributed by atoms with Crippen molar-refractivity contribution in [1.82, 2.24) is 0 Å². The minimum absolute atomic E-state index is 0.0723. The summed E-state index contributed by atoms with van der Waals surface area (Å²) >= 11 is 0. The molecular formula is C24H16F6O6S2. The maximum Gasteiger partial charge on any atom is 0.534 e. The molecule has 0 atom stereocenters. The van der Waals surface area contributed by atoms with E-state index in [4.69, 9.17) is 0 Å². The third kappa shape index (κ3) is 4.97. The third-order valence-electron chi connectivity index (χ3n) is 5.49. The summed E-state index contributed by atoms with van der Waals surface area (Å²) in [7, 11) is -12.5. The van der Waals surface area contributed by atoms with Gasteiger partial charge in [0.2, 0.25) is 0 Å². The lowest BCUT2D eigenvalue weighted by Gasteiger charge is -2.20. The van der Waals surface area contributed by atoms with Crippen LogP contribution in [0.4, 0.5) is 26.3 Å². The van der Waals surface area contributed by atoms with E-state index in [-0.39, 0.29) is 10.8 Å². The number of hydrogen-bond acceptors (Lipinski definition) is 6. The summed E-state index contributed by atoms with van der Waals surface area (Å²) in [5, 5.41) is 0.833. The van der Waals surface area contributed by atoms with Crippen molar-refractivity contribution < 1.29 is 51.5 Å². The second-order valence-corrected chi connectivity index (χ2v) is 11.4. The van der Waals surface area contributed by atoms with Crippen molar-refractivity contribution in [2.45, 2.75) is 24.9 Å². The number of hydrogen-bond donors (Lipinski definition) is 0. The Bertz CT molecular complexity index is 1660. The van der Waals surface area contributed by atoms with Gasteiger partial charge in [0.15, 0.2) is 11.5 Å². The van der Waals surface area contributed by atoms with Crippen molar-refractivity contribution >= 4 is 41.8 Å². The van der Waals surface area contributed by atoms with Gasteiger partial charge in [0.05, 0.1) is 0 Å². The topological polar surface area (TPSA) is 86.7 Å². The average Bonchev–Trinajstić information content (AvgIpc) is 2.77. The van der Waals surface area contributed by atoms with Gasteiger partial charge in [-0.3, -0.25) is 0 Å². The predicted molar refractivity (Wildman–Crippen MR) is 128 cm³/mol. The highest BCUT2D eigenvalue weighted by molar-refractivity contribution is 7.88. The molecule has 4 rings (SSSR count). The van der Waals surface area contributed by atoms with E-state index in [1.807, 2.05) is 0 Å². The first-order chi connectivity index (χ1) is 17.4. The Kier molecular flexibility index (Phi) is 6.55. The van der Waals surface area contributed by atoms with E-state index in [2.05, 4.69) is 8.37 Å². The summed E-state index contributed by atoms with van der Waals surface area (Å²) in [4.78, 5) is 0. The highest BCUT2D eigenvalue weighted by atomic mass is 32.2. The zero-order valence-corrected chi connectivity index (χ0v) is 20.9. The second-order valence-electron chi connectivity index (χ2n) is 8.29. The molecule has 6 nitrogen and oxygen atoms in total. The number of alkyl halides is 6. The van der Waals surface area contributed by atoms with Crippen LogP contribution in [0.2, 0.25) is 0 Å². The van der Waals surface area contributed by atoms with Gasteiger partial charge in [-0.05, 0) is 47.5 Å². The second kappa shape index (κ2) is 9.05. The Morgan fingerprint density at radius 2 is 0.868 bits per heavy atom. The molecule has 202 valence electrons. The normalized spacial score (nSPS) is 13.2. The van der Waals surface area contributed by atoms with Crippen molar-refractivity contribution in [3.05, 3.63) is 71.8 Å². The zero-order valence-electron chi connectivity index (χ0n) is 19.3. The molecule has 0 aliphatic rings. The molecule has 0 saturated carbocycles. The molecule has 0 bridgehead atoms. The van der Waals surface area contributed by atoms with Gasteiger partial charge in [-0.2, -0.15) is 43.2 Å². The third-order valence-corrected chi connectivity index (χ3v) is 7.43. The fourth-order valence-electron chi connectivity index (χ4n) is 3.81.